The molecule has 0 unspecified atom stereocenters. The maximum absolute atomic E-state index is 2.41. The predicted molar refractivity (Wildman–Crippen MR) is 292 cm³/mol. The molecule has 0 saturated heterocycles. The summed E-state index contributed by atoms with van der Waals surface area (Å²) in [5.74, 6) is 0. The van der Waals surface area contributed by atoms with Crippen LogP contribution in [0.5, 0.6) is 0 Å². The van der Waals surface area contributed by atoms with Crippen molar-refractivity contribution in [2.45, 2.75) is 0 Å². The maximum atomic E-state index is 2.41. The zero-order valence-electron chi connectivity index (χ0n) is 37.8. The zero-order chi connectivity index (χ0) is 45.7. The number of anilines is 3. The van der Waals surface area contributed by atoms with Gasteiger partial charge in [-0.05, 0) is 129 Å². The van der Waals surface area contributed by atoms with Crippen LogP contribution in [0.2, 0.25) is 0 Å². The van der Waals surface area contributed by atoms with Crippen molar-refractivity contribution in [1.82, 2.24) is 9.13 Å². The minimum atomic E-state index is 1.08. The molecule has 3 nitrogen and oxygen atoms in total. The average Bonchev–Trinajstić information content (AvgIpc) is 3.94. The minimum Gasteiger partial charge on any atom is -0.310 e. The molecule has 0 N–H and O–H groups in total. The SMILES string of the molecule is c1ccc(-c2ccc(N(c3ccc(-c4ccc5c6ccccc6n(-c6ccc(-c7ccccc7)cc6)c5c4)cc3)c3ccc4c(c3)c3ccccc3n4-c3ccc(-c4ccccc4)cc3)cc2)cc1. The second-order valence-corrected chi connectivity index (χ2v) is 17.8. The van der Waals surface area contributed by atoms with Crippen molar-refractivity contribution in [3.63, 3.8) is 0 Å². The Morgan fingerprint density at radius 1 is 0.203 bits per heavy atom. The Labute approximate surface area is 401 Å². The molecule has 0 aliphatic carbocycles. The molecule has 0 aliphatic heterocycles. The lowest BCUT2D eigenvalue weighted by Gasteiger charge is -2.26. The van der Waals surface area contributed by atoms with E-state index in [9.17, 15) is 0 Å². The zero-order valence-corrected chi connectivity index (χ0v) is 37.8. The van der Waals surface area contributed by atoms with E-state index in [1.165, 1.54) is 82.6 Å². The molecule has 324 valence electrons. The van der Waals surface area contributed by atoms with Gasteiger partial charge in [-0.3, -0.25) is 0 Å². The van der Waals surface area contributed by atoms with Crippen LogP contribution in [0.4, 0.5) is 17.1 Å². The smallest absolute Gasteiger partial charge is 0.0547 e. The molecule has 0 radical (unpaired) electrons. The monoisotopic (exact) mass is 879 g/mol. The van der Waals surface area contributed by atoms with Gasteiger partial charge in [-0.25, -0.2) is 0 Å². The first-order valence-corrected chi connectivity index (χ1v) is 23.7. The molecule has 3 heteroatoms. The first-order chi connectivity index (χ1) is 34.2. The van der Waals surface area contributed by atoms with E-state index in [0.717, 1.165) is 34.0 Å². The minimum absolute atomic E-state index is 1.08. The van der Waals surface area contributed by atoms with Crippen molar-refractivity contribution < 1.29 is 0 Å². The van der Waals surface area contributed by atoms with Gasteiger partial charge in [0.1, 0.15) is 0 Å². The highest BCUT2D eigenvalue weighted by atomic mass is 15.1. The van der Waals surface area contributed by atoms with E-state index < -0.39 is 0 Å². The number of hydrogen-bond donors (Lipinski definition) is 0. The molecule has 0 aliphatic rings. The first kappa shape index (κ1) is 40.1. The molecular weight excluding hydrogens is 835 g/mol. The predicted octanol–water partition coefficient (Wildman–Crippen LogP) is 18.0. The molecule has 0 amide bonds. The van der Waals surface area contributed by atoms with Gasteiger partial charge in [0, 0.05) is 50.0 Å². The lowest BCUT2D eigenvalue weighted by Crippen LogP contribution is -2.10. The van der Waals surface area contributed by atoms with Gasteiger partial charge >= 0.3 is 0 Å². The molecule has 69 heavy (non-hydrogen) atoms. The van der Waals surface area contributed by atoms with E-state index in [4.69, 9.17) is 0 Å². The lowest BCUT2D eigenvalue weighted by atomic mass is 10.0. The van der Waals surface area contributed by atoms with Crippen LogP contribution < -0.4 is 4.90 Å². The average molecular weight is 880 g/mol. The number of aromatic nitrogens is 2. The third-order valence-corrected chi connectivity index (χ3v) is 13.7. The Morgan fingerprint density at radius 2 is 0.536 bits per heavy atom. The van der Waals surface area contributed by atoms with Crippen molar-refractivity contribution >= 4 is 60.7 Å². The molecule has 13 rings (SSSR count). The molecular formula is C66H45N3. The van der Waals surface area contributed by atoms with Crippen LogP contribution in [0.1, 0.15) is 0 Å². The normalized spacial score (nSPS) is 11.5. The second-order valence-electron chi connectivity index (χ2n) is 17.8. The van der Waals surface area contributed by atoms with Gasteiger partial charge in [-0.2, -0.15) is 0 Å². The number of benzene rings is 11. The number of rotatable bonds is 9. The van der Waals surface area contributed by atoms with E-state index in [-0.39, 0.29) is 0 Å². The van der Waals surface area contributed by atoms with Gasteiger partial charge < -0.3 is 14.0 Å². The first-order valence-electron chi connectivity index (χ1n) is 23.7. The summed E-state index contributed by atoms with van der Waals surface area (Å²) in [6.45, 7) is 0. The Balaban J connectivity index is 0.904. The molecule has 13 aromatic rings. The highest BCUT2D eigenvalue weighted by Crippen LogP contribution is 2.42. The lowest BCUT2D eigenvalue weighted by molar-refractivity contribution is 1.18. The van der Waals surface area contributed by atoms with E-state index in [1.807, 2.05) is 0 Å². The summed E-state index contributed by atoms with van der Waals surface area (Å²) < 4.78 is 4.80. The molecule has 0 fully saturated rings. The van der Waals surface area contributed by atoms with Crippen LogP contribution in [0.25, 0.3) is 99.5 Å². The summed E-state index contributed by atoms with van der Waals surface area (Å²) >= 11 is 0. The summed E-state index contributed by atoms with van der Waals surface area (Å²) in [7, 11) is 0. The summed E-state index contributed by atoms with van der Waals surface area (Å²) in [6.07, 6.45) is 0. The van der Waals surface area contributed by atoms with Crippen LogP contribution in [0, 0.1) is 0 Å². The maximum Gasteiger partial charge on any atom is 0.0547 e. The molecule has 0 bridgehead atoms. The van der Waals surface area contributed by atoms with Crippen LogP contribution in [0.3, 0.4) is 0 Å². The van der Waals surface area contributed by atoms with Crippen LogP contribution in [0.15, 0.2) is 273 Å². The van der Waals surface area contributed by atoms with Crippen LogP contribution >= 0.6 is 0 Å². The second kappa shape index (κ2) is 16.9. The van der Waals surface area contributed by atoms with Crippen molar-refractivity contribution in [2.75, 3.05) is 4.90 Å². The van der Waals surface area contributed by atoms with E-state index >= 15 is 0 Å². The number of para-hydroxylation sites is 2. The largest absolute Gasteiger partial charge is 0.310 e. The van der Waals surface area contributed by atoms with Crippen LogP contribution in [-0.4, -0.2) is 9.13 Å². The van der Waals surface area contributed by atoms with E-state index in [2.05, 4.69) is 287 Å². The Hall–Kier alpha value is -9.18. The van der Waals surface area contributed by atoms with Crippen LogP contribution in [-0.2, 0) is 0 Å². The van der Waals surface area contributed by atoms with Crippen molar-refractivity contribution in [3.05, 3.63) is 273 Å². The van der Waals surface area contributed by atoms with Gasteiger partial charge in [0.05, 0.1) is 22.1 Å². The standard InChI is InChI=1S/C66H45N3/c1-4-14-46(15-5-1)49-24-33-54(34-25-49)67(58-41-43-65-62(45-58)60-21-11-13-23-64(60)68(65)56-37-26-50(27-38-56)47-16-6-2-7-17-47)55-35-30-52(31-36-55)53-32-42-61-59-20-10-12-22-63(59)69(66(61)44-53)57-39-28-51(29-40-57)48-18-8-3-9-19-48/h1-45H. The molecule has 2 heterocycles. The fourth-order valence-electron chi connectivity index (χ4n) is 10.4. The fraction of sp³-hybridized carbons (Fsp3) is 0. The summed E-state index contributed by atoms with van der Waals surface area (Å²) in [5.41, 5.74) is 19.8. The summed E-state index contributed by atoms with van der Waals surface area (Å²) in [4.78, 5) is 2.39. The van der Waals surface area contributed by atoms with E-state index in [1.54, 1.807) is 0 Å². The highest BCUT2D eigenvalue weighted by molar-refractivity contribution is 6.12. The Kier molecular flexibility index (Phi) is 9.84. The number of fused-ring (bicyclic) bond motifs is 6. The molecule has 11 aromatic carbocycles. The molecule has 0 spiro atoms. The van der Waals surface area contributed by atoms with Crippen molar-refractivity contribution in [2.24, 2.45) is 0 Å². The third kappa shape index (κ3) is 7.16. The van der Waals surface area contributed by atoms with Gasteiger partial charge in [0.25, 0.3) is 0 Å². The van der Waals surface area contributed by atoms with Gasteiger partial charge in [0.15, 0.2) is 0 Å². The number of nitrogens with zero attached hydrogens (tertiary/aromatic N) is 3. The number of hydrogen-bond acceptors (Lipinski definition) is 1. The topological polar surface area (TPSA) is 13.1 Å². The molecule has 0 saturated carbocycles. The van der Waals surface area contributed by atoms with Crippen molar-refractivity contribution in [3.8, 4) is 55.9 Å². The Morgan fingerprint density at radius 3 is 1.03 bits per heavy atom. The van der Waals surface area contributed by atoms with Gasteiger partial charge in [-0.1, -0.05) is 188 Å². The third-order valence-electron chi connectivity index (χ3n) is 13.7. The molecule has 2 aromatic heterocycles. The highest BCUT2D eigenvalue weighted by Gasteiger charge is 2.19. The van der Waals surface area contributed by atoms with Gasteiger partial charge in [-0.15, -0.1) is 0 Å². The summed E-state index contributed by atoms with van der Waals surface area (Å²) in [5, 5.41) is 4.91. The van der Waals surface area contributed by atoms with Crippen molar-refractivity contribution in [1.29, 1.82) is 0 Å². The van der Waals surface area contributed by atoms with E-state index in [0.29, 0.717) is 0 Å². The Bertz CT molecular complexity index is 3940. The summed E-state index contributed by atoms with van der Waals surface area (Å²) in [6, 6.07) is 99.1. The van der Waals surface area contributed by atoms with Gasteiger partial charge in [0.2, 0.25) is 0 Å². The fourth-order valence-corrected chi connectivity index (χ4v) is 10.4. The molecule has 0 atom stereocenters. The quantitative estimate of drug-likeness (QED) is 0.141.